The first-order valence-electron chi connectivity index (χ1n) is 9.12. The Bertz CT molecular complexity index is 1000. The van der Waals surface area contributed by atoms with Gasteiger partial charge in [0.2, 0.25) is 15.0 Å². The van der Waals surface area contributed by atoms with Crippen LogP contribution in [0.15, 0.2) is 53.7 Å². The molecule has 1 fully saturated rings. The Labute approximate surface area is 164 Å². The zero-order valence-electron chi connectivity index (χ0n) is 15.8. The van der Waals surface area contributed by atoms with E-state index in [-0.39, 0.29) is 16.8 Å². The van der Waals surface area contributed by atoms with Crippen molar-refractivity contribution in [1.29, 1.82) is 0 Å². The van der Waals surface area contributed by atoms with Gasteiger partial charge in [-0.2, -0.15) is 0 Å². The number of hydrogen-bond donors (Lipinski definition) is 1. The highest BCUT2D eigenvalue weighted by Gasteiger charge is 2.31. The summed E-state index contributed by atoms with van der Waals surface area (Å²) in [6.45, 7) is 0. The van der Waals surface area contributed by atoms with Gasteiger partial charge in [0, 0.05) is 11.1 Å². The van der Waals surface area contributed by atoms with E-state index < -0.39 is 9.84 Å². The molecule has 7 heteroatoms. The smallest absolute Gasteiger partial charge is 0.226 e. The van der Waals surface area contributed by atoms with Gasteiger partial charge < -0.3 is 14.5 Å². The van der Waals surface area contributed by atoms with Crippen LogP contribution in [-0.2, 0) is 9.84 Å². The summed E-state index contributed by atoms with van der Waals surface area (Å²) >= 11 is 0. The molecule has 3 aromatic rings. The van der Waals surface area contributed by atoms with Crippen molar-refractivity contribution < 1.29 is 17.9 Å². The summed E-state index contributed by atoms with van der Waals surface area (Å²) in [6.07, 6.45) is 1.94. The molecule has 1 aromatic heterocycles. The molecular formula is C21H22N2O4S. The highest BCUT2D eigenvalue weighted by Crippen LogP contribution is 2.35. The van der Waals surface area contributed by atoms with Crippen LogP contribution >= 0.6 is 0 Å². The normalized spacial score (nSPS) is 14.1. The molecule has 0 aliphatic heterocycles. The van der Waals surface area contributed by atoms with E-state index >= 15 is 0 Å². The zero-order chi connectivity index (χ0) is 19.7. The first-order valence-corrected chi connectivity index (χ1v) is 10.8. The summed E-state index contributed by atoms with van der Waals surface area (Å²) in [5.74, 6) is 1.86. The summed E-state index contributed by atoms with van der Waals surface area (Å²) in [6, 6.07) is 14.9. The highest BCUT2D eigenvalue weighted by atomic mass is 32.2. The van der Waals surface area contributed by atoms with Gasteiger partial charge in [0.1, 0.15) is 11.5 Å². The fraction of sp³-hybridized carbons (Fsp3) is 0.286. The van der Waals surface area contributed by atoms with Crippen molar-refractivity contribution in [3.63, 3.8) is 0 Å². The SMILES string of the molecule is COc1ccc(-c2nc(S(=O)(=O)CC3CC3)[nH]c2-c2ccc(OC)cc2)cc1. The number of methoxy groups -OCH3 is 2. The van der Waals surface area contributed by atoms with E-state index in [0.29, 0.717) is 11.4 Å². The lowest BCUT2D eigenvalue weighted by Crippen LogP contribution is -2.10. The molecule has 1 heterocycles. The molecule has 0 amide bonds. The van der Waals surface area contributed by atoms with Crippen molar-refractivity contribution in [1.82, 2.24) is 9.97 Å². The number of nitrogens with zero attached hydrogens (tertiary/aromatic N) is 1. The molecule has 0 bridgehead atoms. The van der Waals surface area contributed by atoms with Crippen molar-refractivity contribution >= 4 is 9.84 Å². The summed E-state index contributed by atoms with van der Waals surface area (Å²) in [5, 5.41) is 0.0241. The molecule has 1 aliphatic carbocycles. The number of H-pyrrole nitrogens is 1. The number of aromatic nitrogens is 2. The van der Waals surface area contributed by atoms with Gasteiger partial charge in [-0.15, -0.1) is 0 Å². The largest absolute Gasteiger partial charge is 0.497 e. The van der Waals surface area contributed by atoms with Crippen LogP contribution in [-0.4, -0.2) is 38.4 Å². The number of nitrogens with one attached hydrogen (secondary N) is 1. The quantitative estimate of drug-likeness (QED) is 0.652. The summed E-state index contributed by atoms with van der Waals surface area (Å²) < 4.78 is 36.0. The molecule has 2 aromatic carbocycles. The van der Waals surface area contributed by atoms with Gasteiger partial charge >= 0.3 is 0 Å². The molecule has 1 N–H and O–H groups in total. The minimum Gasteiger partial charge on any atom is -0.497 e. The van der Waals surface area contributed by atoms with E-state index in [1.165, 1.54) is 0 Å². The number of benzene rings is 2. The Hall–Kier alpha value is -2.80. The lowest BCUT2D eigenvalue weighted by Gasteiger charge is -2.06. The molecule has 0 radical (unpaired) electrons. The van der Waals surface area contributed by atoms with Gasteiger partial charge in [-0.1, -0.05) is 0 Å². The number of imidazole rings is 1. The molecule has 0 spiro atoms. The maximum atomic E-state index is 12.8. The topological polar surface area (TPSA) is 81.3 Å². The van der Waals surface area contributed by atoms with Crippen molar-refractivity contribution in [2.24, 2.45) is 5.92 Å². The van der Waals surface area contributed by atoms with E-state index in [9.17, 15) is 8.42 Å². The third-order valence-corrected chi connectivity index (χ3v) is 6.56. The molecule has 0 atom stereocenters. The van der Waals surface area contributed by atoms with E-state index in [0.717, 1.165) is 35.5 Å². The average molecular weight is 398 g/mol. The van der Waals surface area contributed by atoms with E-state index in [4.69, 9.17) is 9.47 Å². The van der Waals surface area contributed by atoms with Crippen LogP contribution in [0.25, 0.3) is 22.5 Å². The fourth-order valence-corrected chi connectivity index (χ4v) is 4.70. The minimum absolute atomic E-state index is 0.0241. The fourth-order valence-electron chi connectivity index (χ4n) is 3.10. The van der Waals surface area contributed by atoms with Crippen LogP contribution in [0.2, 0.25) is 0 Å². The van der Waals surface area contributed by atoms with Gasteiger partial charge in [-0.25, -0.2) is 13.4 Å². The van der Waals surface area contributed by atoms with Crippen molar-refractivity contribution in [2.75, 3.05) is 20.0 Å². The molecule has 146 valence electrons. The van der Waals surface area contributed by atoms with Crippen LogP contribution in [0.4, 0.5) is 0 Å². The standard InChI is InChI=1S/C21H22N2O4S/c1-26-17-9-5-15(6-10-17)19-20(16-7-11-18(27-2)12-8-16)23-21(22-19)28(24,25)13-14-3-4-14/h5-12,14H,3-4,13H2,1-2H3,(H,22,23). The van der Waals surface area contributed by atoms with E-state index in [2.05, 4.69) is 9.97 Å². The van der Waals surface area contributed by atoms with E-state index in [1.807, 2.05) is 48.5 Å². The molecule has 28 heavy (non-hydrogen) atoms. The first-order chi connectivity index (χ1) is 13.5. The highest BCUT2D eigenvalue weighted by molar-refractivity contribution is 7.91. The molecule has 4 rings (SSSR count). The lowest BCUT2D eigenvalue weighted by atomic mass is 10.0. The van der Waals surface area contributed by atoms with Gasteiger partial charge in [0.25, 0.3) is 0 Å². The van der Waals surface area contributed by atoms with Crippen molar-refractivity contribution in [3.8, 4) is 34.0 Å². The van der Waals surface area contributed by atoms with Crippen LogP contribution in [0.1, 0.15) is 12.8 Å². The predicted octanol–water partition coefficient (Wildman–Crippen LogP) is 3.94. The van der Waals surface area contributed by atoms with Crippen molar-refractivity contribution in [2.45, 2.75) is 18.0 Å². The van der Waals surface area contributed by atoms with Gasteiger partial charge in [0.05, 0.1) is 31.4 Å². The second kappa shape index (κ2) is 7.31. The first kappa shape index (κ1) is 18.6. The van der Waals surface area contributed by atoms with Crippen LogP contribution in [0.5, 0.6) is 11.5 Å². The molecular weight excluding hydrogens is 376 g/mol. The monoisotopic (exact) mass is 398 g/mol. The van der Waals surface area contributed by atoms with Gasteiger partial charge in [0.15, 0.2) is 0 Å². The Morgan fingerprint density at radius 3 is 1.96 bits per heavy atom. The number of ether oxygens (including phenoxy) is 2. The van der Waals surface area contributed by atoms with E-state index in [1.54, 1.807) is 14.2 Å². The summed E-state index contributed by atoms with van der Waals surface area (Å²) in [7, 11) is -0.243. The van der Waals surface area contributed by atoms with Crippen LogP contribution in [0.3, 0.4) is 0 Å². The Morgan fingerprint density at radius 1 is 0.929 bits per heavy atom. The van der Waals surface area contributed by atoms with Crippen molar-refractivity contribution in [3.05, 3.63) is 48.5 Å². The number of hydrogen-bond acceptors (Lipinski definition) is 5. The lowest BCUT2D eigenvalue weighted by molar-refractivity contribution is 0.414. The third kappa shape index (κ3) is 3.75. The Balaban J connectivity index is 1.81. The predicted molar refractivity (Wildman–Crippen MR) is 107 cm³/mol. The summed E-state index contributed by atoms with van der Waals surface area (Å²) in [5.41, 5.74) is 2.92. The Kier molecular flexibility index (Phi) is 4.85. The third-order valence-electron chi connectivity index (χ3n) is 4.87. The second-order valence-electron chi connectivity index (χ2n) is 6.95. The second-order valence-corrected chi connectivity index (χ2v) is 8.90. The number of sulfone groups is 1. The van der Waals surface area contributed by atoms with Gasteiger partial charge in [-0.05, 0) is 67.3 Å². The van der Waals surface area contributed by atoms with Crippen LogP contribution in [0, 0.1) is 5.92 Å². The number of aromatic amines is 1. The maximum Gasteiger partial charge on any atom is 0.226 e. The molecule has 1 saturated carbocycles. The maximum absolute atomic E-state index is 12.8. The zero-order valence-corrected chi connectivity index (χ0v) is 16.6. The molecule has 1 aliphatic rings. The molecule has 6 nitrogen and oxygen atoms in total. The van der Waals surface area contributed by atoms with Gasteiger partial charge in [-0.3, -0.25) is 0 Å². The summed E-state index contributed by atoms with van der Waals surface area (Å²) in [4.78, 5) is 7.56. The molecule has 0 saturated heterocycles. The number of rotatable bonds is 7. The van der Waals surface area contributed by atoms with Crippen LogP contribution < -0.4 is 9.47 Å². The minimum atomic E-state index is -3.46. The molecule has 0 unspecified atom stereocenters. The average Bonchev–Trinajstić information content (AvgIpc) is 3.40. The Morgan fingerprint density at radius 2 is 1.46 bits per heavy atom.